The van der Waals surface area contributed by atoms with E-state index in [2.05, 4.69) is 173 Å². The van der Waals surface area contributed by atoms with E-state index < -0.39 is 0 Å². The van der Waals surface area contributed by atoms with Crippen LogP contribution in [-0.4, -0.2) is 20.4 Å². The summed E-state index contributed by atoms with van der Waals surface area (Å²) in [6, 6.07) is 49.1. The van der Waals surface area contributed by atoms with Crippen molar-refractivity contribution < 1.29 is 4.74 Å². The molecule has 0 unspecified atom stereocenters. The van der Waals surface area contributed by atoms with Gasteiger partial charge in [-0.05, 0) is 107 Å². The number of hydrogen-bond acceptors (Lipinski definition) is 1. The molecule has 0 N–H and O–H groups in total. The molecular weight excluding hydrogens is 645 g/mol. The topological polar surface area (TPSA) is 24.0 Å². The highest BCUT2D eigenvalue weighted by Gasteiger charge is 2.41. The van der Waals surface area contributed by atoms with Gasteiger partial charge in [0.15, 0.2) is 0 Å². The van der Waals surface area contributed by atoms with Crippen molar-refractivity contribution in [3.05, 3.63) is 156 Å². The van der Waals surface area contributed by atoms with Gasteiger partial charge in [0.05, 0.1) is 16.7 Å². The summed E-state index contributed by atoms with van der Waals surface area (Å²) in [5, 5.41) is 3.83. The van der Waals surface area contributed by atoms with E-state index in [1.807, 2.05) is 0 Å². The number of benzene rings is 6. The summed E-state index contributed by atoms with van der Waals surface area (Å²) in [5.74, 6) is 1.86. The maximum absolute atomic E-state index is 6.89. The predicted molar refractivity (Wildman–Crippen MR) is 221 cm³/mol. The first kappa shape index (κ1) is 29.2. The standard InChI is InChI=1S/C48H34BN3O/c1-29-46(42-26-31-13-3-7-21-39(31)50(42)2)36-18-12-20-38-48(36)51(29)43-27-32(28-45-47(43)49(38)37-19-6-10-24-44(37)53-45)30-14-11-15-33(25-30)52-40-22-8-4-16-34(40)35-17-5-9-23-41(35)52/h4-12,14-28H,3,13H2,1-2H3. The van der Waals surface area contributed by atoms with Gasteiger partial charge >= 0.3 is 0 Å². The Balaban J connectivity index is 1.12. The van der Waals surface area contributed by atoms with Crippen LogP contribution in [0.25, 0.3) is 72.5 Å². The number of para-hydroxylation sites is 4. The number of ether oxygens (including phenoxy) is 1. The van der Waals surface area contributed by atoms with Crippen LogP contribution in [0.1, 0.15) is 23.4 Å². The third kappa shape index (κ3) is 3.86. The fourth-order valence-corrected chi connectivity index (χ4v) is 9.89. The van der Waals surface area contributed by atoms with E-state index >= 15 is 0 Å². The first-order valence-corrected chi connectivity index (χ1v) is 18.7. The molecule has 5 heteroatoms. The predicted octanol–water partition coefficient (Wildman–Crippen LogP) is 9.60. The van der Waals surface area contributed by atoms with Crippen LogP contribution in [-0.2, 0) is 13.5 Å². The Bertz CT molecular complexity index is 3030. The van der Waals surface area contributed by atoms with Gasteiger partial charge in [0.25, 0.3) is 6.71 Å². The highest BCUT2D eigenvalue weighted by Crippen LogP contribution is 2.43. The van der Waals surface area contributed by atoms with Gasteiger partial charge in [0, 0.05) is 57.0 Å². The Labute approximate surface area is 307 Å². The highest BCUT2D eigenvalue weighted by atomic mass is 16.5. The largest absolute Gasteiger partial charge is 0.458 e. The number of nitrogens with zero attached hydrogens (tertiary/aromatic N) is 3. The van der Waals surface area contributed by atoms with Gasteiger partial charge in [-0.25, -0.2) is 0 Å². The number of rotatable bonds is 3. The second-order valence-electron chi connectivity index (χ2n) is 14.9. The second kappa shape index (κ2) is 10.6. The zero-order valence-corrected chi connectivity index (χ0v) is 29.6. The fourth-order valence-electron chi connectivity index (χ4n) is 9.89. The summed E-state index contributed by atoms with van der Waals surface area (Å²) in [6.07, 6.45) is 6.79. The highest BCUT2D eigenvalue weighted by molar-refractivity contribution is 6.99. The molecule has 3 aromatic heterocycles. The first-order valence-electron chi connectivity index (χ1n) is 18.7. The zero-order valence-electron chi connectivity index (χ0n) is 29.6. The summed E-state index contributed by atoms with van der Waals surface area (Å²) >= 11 is 0. The van der Waals surface area contributed by atoms with Crippen molar-refractivity contribution in [2.24, 2.45) is 7.05 Å². The van der Waals surface area contributed by atoms with Crippen LogP contribution in [0.2, 0.25) is 0 Å². The van der Waals surface area contributed by atoms with Crippen molar-refractivity contribution in [2.45, 2.75) is 19.8 Å². The summed E-state index contributed by atoms with van der Waals surface area (Å²) in [6.45, 7) is 2.38. The van der Waals surface area contributed by atoms with Gasteiger partial charge in [0.1, 0.15) is 11.5 Å². The molecule has 0 radical (unpaired) electrons. The summed E-state index contributed by atoms with van der Waals surface area (Å²) in [5.41, 5.74) is 18.8. The maximum Gasteiger partial charge on any atom is 0.256 e. The lowest BCUT2D eigenvalue weighted by Gasteiger charge is -2.34. The fraction of sp³-hybridized carbons (Fsp3) is 0.0833. The minimum absolute atomic E-state index is 0.0749. The molecule has 0 saturated heterocycles. The van der Waals surface area contributed by atoms with Crippen molar-refractivity contribution in [3.63, 3.8) is 0 Å². The molecule has 0 bridgehead atoms. The van der Waals surface area contributed by atoms with Crippen LogP contribution >= 0.6 is 0 Å². The van der Waals surface area contributed by atoms with Crippen LogP contribution in [0.15, 0.2) is 140 Å². The lowest BCUT2D eigenvalue weighted by molar-refractivity contribution is 0.487. The Kier molecular flexibility index (Phi) is 5.80. The van der Waals surface area contributed by atoms with Gasteiger partial charge in [-0.3, -0.25) is 0 Å². The van der Waals surface area contributed by atoms with Crippen LogP contribution in [0.5, 0.6) is 11.5 Å². The Morgan fingerprint density at radius 1 is 0.642 bits per heavy atom. The summed E-state index contributed by atoms with van der Waals surface area (Å²) in [4.78, 5) is 0. The number of aryl methyl sites for hydroxylation is 1. The van der Waals surface area contributed by atoms with Crippen molar-refractivity contribution in [1.82, 2.24) is 13.7 Å². The molecule has 2 aliphatic heterocycles. The van der Waals surface area contributed by atoms with E-state index in [4.69, 9.17) is 4.74 Å². The van der Waals surface area contributed by atoms with Gasteiger partial charge in [-0.15, -0.1) is 0 Å². The molecule has 9 aromatic rings. The number of aromatic nitrogens is 3. The SMILES string of the molecule is Cc1c(-c2cc3c(n2C)C=CCC3)c2cccc3c2n1-c1cc(-c2cccc(-n4c5ccccc5c5ccccc54)c2)cc2c1B3c1ccccc1O2. The number of allylic oxidation sites excluding steroid dienone is 1. The molecule has 250 valence electrons. The van der Waals surface area contributed by atoms with Gasteiger partial charge in [-0.2, -0.15) is 0 Å². The van der Waals surface area contributed by atoms with E-state index in [-0.39, 0.29) is 6.71 Å². The molecule has 0 fully saturated rings. The molecule has 1 aliphatic carbocycles. The third-order valence-corrected chi connectivity index (χ3v) is 12.2. The Morgan fingerprint density at radius 3 is 2.21 bits per heavy atom. The van der Waals surface area contributed by atoms with E-state index in [0.29, 0.717) is 0 Å². The molecule has 12 rings (SSSR count). The Hall–Kier alpha value is -6.46. The second-order valence-corrected chi connectivity index (χ2v) is 14.9. The summed E-state index contributed by atoms with van der Waals surface area (Å²) < 4.78 is 14.2. The molecule has 0 saturated carbocycles. The minimum Gasteiger partial charge on any atom is -0.458 e. The lowest BCUT2D eigenvalue weighted by Crippen LogP contribution is -2.58. The number of hydrogen-bond donors (Lipinski definition) is 0. The molecule has 4 nitrogen and oxygen atoms in total. The van der Waals surface area contributed by atoms with Crippen LogP contribution in [0, 0.1) is 6.92 Å². The van der Waals surface area contributed by atoms with Crippen molar-refractivity contribution in [2.75, 3.05) is 0 Å². The zero-order chi connectivity index (χ0) is 34.9. The summed E-state index contributed by atoms with van der Waals surface area (Å²) in [7, 11) is 2.23. The molecule has 0 atom stereocenters. The van der Waals surface area contributed by atoms with E-state index in [1.165, 1.54) is 83.0 Å². The molecule has 5 heterocycles. The molecule has 53 heavy (non-hydrogen) atoms. The lowest BCUT2D eigenvalue weighted by atomic mass is 9.34. The monoisotopic (exact) mass is 679 g/mol. The molecule has 3 aliphatic rings. The van der Waals surface area contributed by atoms with Gasteiger partial charge in [-0.1, -0.05) is 91.0 Å². The van der Waals surface area contributed by atoms with Crippen LogP contribution in [0.3, 0.4) is 0 Å². The normalized spacial score (nSPS) is 13.7. The molecular formula is C48H34BN3O. The molecule has 0 amide bonds. The minimum atomic E-state index is 0.0749. The van der Waals surface area contributed by atoms with Crippen LogP contribution in [0.4, 0.5) is 0 Å². The van der Waals surface area contributed by atoms with E-state index in [1.54, 1.807) is 0 Å². The third-order valence-electron chi connectivity index (χ3n) is 12.2. The molecule has 6 aromatic carbocycles. The number of fused-ring (bicyclic) bond motifs is 8. The van der Waals surface area contributed by atoms with E-state index in [0.717, 1.165) is 41.2 Å². The quantitative estimate of drug-likeness (QED) is 0.171. The first-order chi connectivity index (χ1) is 26.1. The van der Waals surface area contributed by atoms with Crippen LogP contribution < -0.4 is 21.1 Å². The van der Waals surface area contributed by atoms with Crippen molar-refractivity contribution in [1.29, 1.82) is 0 Å². The van der Waals surface area contributed by atoms with Gasteiger partial charge in [0.2, 0.25) is 0 Å². The average Bonchev–Trinajstić information content (AvgIpc) is 3.82. The average molecular weight is 680 g/mol. The van der Waals surface area contributed by atoms with Gasteiger partial charge < -0.3 is 18.4 Å². The Morgan fingerprint density at radius 2 is 1.38 bits per heavy atom. The molecule has 0 spiro atoms. The van der Waals surface area contributed by atoms with Crippen molar-refractivity contribution >= 4 is 61.9 Å². The smallest absolute Gasteiger partial charge is 0.256 e. The van der Waals surface area contributed by atoms with Crippen molar-refractivity contribution in [3.8, 4) is 45.3 Å². The maximum atomic E-state index is 6.89. The van der Waals surface area contributed by atoms with E-state index in [9.17, 15) is 0 Å².